The summed E-state index contributed by atoms with van der Waals surface area (Å²) in [6.07, 6.45) is 17.5. The molecule has 29 heavy (non-hydrogen) atoms. The fraction of sp³-hybridized carbons (Fsp3) is 0.480. The highest BCUT2D eigenvalue weighted by Gasteiger charge is 2.26. The maximum Gasteiger partial charge on any atom is 0.343 e. The van der Waals surface area contributed by atoms with Crippen LogP contribution in [0.2, 0.25) is 0 Å². The lowest BCUT2D eigenvalue weighted by Crippen LogP contribution is -1.97. The highest BCUT2D eigenvalue weighted by atomic mass is 16.6. The van der Waals surface area contributed by atoms with E-state index in [1.807, 2.05) is 18.4 Å². The Morgan fingerprint density at radius 3 is 2.55 bits per heavy atom. The predicted molar refractivity (Wildman–Crippen MR) is 116 cm³/mol. The standard InChI is InChI=1S/C25H34O4/c1-18(8-5-9-19(2)11-7-13-22-14-15-28-17-22)10-6-12-20(3)16-23-24(26)21(4)25(27)29-23/h9-10,14-17,20,26H,5-8,11-13H2,1-4H3/b18-10-,19-9-,23-16-/t20-/m1/s1. The molecule has 1 aliphatic heterocycles. The Morgan fingerprint density at radius 1 is 1.17 bits per heavy atom. The molecule has 0 unspecified atom stereocenters. The first-order valence-corrected chi connectivity index (χ1v) is 10.5. The first-order valence-electron chi connectivity index (χ1n) is 10.5. The lowest BCUT2D eigenvalue weighted by atomic mass is 10.0. The molecule has 1 aromatic heterocycles. The van der Waals surface area contributed by atoms with Gasteiger partial charge in [-0.05, 0) is 89.3 Å². The topological polar surface area (TPSA) is 59.7 Å². The number of rotatable bonds is 11. The number of aliphatic hydroxyl groups excluding tert-OH is 1. The van der Waals surface area contributed by atoms with Gasteiger partial charge < -0.3 is 14.3 Å². The summed E-state index contributed by atoms with van der Waals surface area (Å²) < 4.78 is 10.2. The van der Waals surface area contributed by atoms with E-state index in [1.54, 1.807) is 13.2 Å². The Balaban J connectivity index is 1.64. The maximum absolute atomic E-state index is 11.4. The normalized spacial score (nSPS) is 17.9. The average Bonchev–Trinajstić information content (AvgIpc) is 3.27. The van der Waals surface area contributed by atoms with Crippen LogP contribution in [0.3, 0.4) is 0 Å². The van der Waals surface area contributed by atoms with Crippen LogP contribution < -0.4 is 0 Å². The van der Waals surface area contributed by atoms with Gasteiger partial charge in [-0.1, -0.05) is 30.2 Å². The third kappa shape index (κ3) is 7.80. The molecule has 0 aliphatic carbocycles. The zero-order valence-electron chi connectivity index (χ0n) is 18.2. The van der Waals surface area contributed by atoms with E-state index in [0.717, 1.165) is 44.9 Å². The molecule has 158 valence electrons. The van der Waals surface area contributed by atoms with Gasteiger partial charge in [-0.15, -0.1) is 0 Å². The first kappa shape index (κ1) is 22.8. The van der Waals surface area contributed by atoms with E-state index in [0.29, 0.717) is 5.76 Å². The summed E-state index contributed by atoms with van der Waals surface area (Å²) in [4.78, 5) is 11.4. The molecular formula is C25H34O4. The van der Waals surface area contributed by atoms with Gasteiger partial charge in [0.2, 0.25) is 0 Å². The van der Waals surface area contributed by atoms with Crippen LogP contribution in [0.25, 0.3) is 0 Å². The quantitative estimate of drug-likeness (QED) is 0.323. The van der Waals surface area contributed by atoms with Crippen molar-refractivity contribution in [3.8, 4) is 0 Å². The summed E-state index contributed by atoms with van der Waals surface area (Å²) >= 11 is 0. The Hall–Kier alpha value is -2.49. The molecule has 0 amide bonds. The van der Waals surface area contributed by atoms with Gasteiger partial charge in [0, 0.05) is 0 Å². The van der Waals surface area contributed by atoms with Crippen LogP contribution >= 0.6 is 0 Å². The van der Waals surface area contributed by atoms with Crippen LogP contribution in [0, 0.1) is 5.92 Å². The van der Waals surface area contributed by atoms with Crippen LogP contribution in [-0.4, -0.2) is 11.1 Å². The molecule has 0 saturated carbocycles. The van der Waals surface area contributed by atoms with Gasteiger partial charge in [0.15, 0.2) is 11.5 Å². The predicted octanol–water partition coefficient (Wildman–Crippen LogP) is 6.96. The van der Waals surface area contributed by atoms with Crippen molar-refractivity contribution in [2.24, 2.45) is 5.92 Å². The van der Waals surface area contributed by atoms with E-state index in [4.69, 9.17) is 9.15 Å². The Labute approximate surface area is 174 Å². The molecule has 0 bridgehead atoms. The lowest BCUT2D eigenvalue weighted by molar-refractivity contribution is -0.133. The molecule has 2 heterocycles. The SMILES string of the molecule is CC1=C(O)/C(=C/[C@H](C)CC/C=C(/C)CC/C=C(/C)CCCc2ccoc2)OC1=O. The minimum absolute atomic E-state index is 0.0273. The van der Waals surface area contributed by atoms with Gasteiger partial charge in [-0.3, -0.25) is 0 Å². The van der Waals surface area contributed by atoms with Crippen molar-refractivity contribution in [1.29, 1.82) is 0 Å². The number of carbonyl (C=O) groups is 1. The number of hydrogen-bond donors (Lipinski definition) is 1. The van der Waals surface area contributed by atoms with Crippen molar-refractivity contribution < 1.29 is 19.1 Å². The molecule has 1 atom stereocenters. The average molecular weight is 399 g/mol. The molecule has 0 saturated heterocycles. The van der Waals surface area contributed by atoms with Crippen molar-refractivity contribution in [2.45, 2.75) is 72.6 Å². The van der Waals surface area contributed by atoms with Gasteiger partial charge in [0.1, 0.15) is 0 Å². The highest BCUT2D eigenvalue weighted by Crippen LogP contribution is 2.26. The number of carbonyl (C=O) groups excluding carboxylic acids is 1. The third-order valence-corrected chi connectivity index (χ3v) is 5.30. The highest BCUT2D eigenvalue weighted by molar-refractivity contribution is 5.93. The number of aliphatic hydroxyl groups is 1. The lowest BCUT2D eigenvalue weighted by Gasteiger charge is -2.07. The van der Waals surface area contributed by atoms with Crippen molar-refractivity contribution in [3.63, 3.8) is 0 Å². The molecule has 0 spiro atoms. The third-order valence-electron chi connectivity index (χ3n) is 5.30. The number of aryl methyl sites for hydroxylation is 1. The summed E-state index contributed by atoms with van der Waals surface area (Å²) in [6, 6.07) is 2.03. The van der Waals surface area contributed by atoms with Gasteiger partial charge in [0.25, 0.3) is 0 Å². The molecule has 1 aromatic rings. The molecular weight excluding hydrogens is 364 g/mol. The summed E-state index contributed by atoms with van der Waals surface area (Å²) in [7, 11) is 0. The second-order valence-electron chi connectivity index (χ2n) is 8.07. The fourth-order valence-corrected chi connectivity index (χ4v) is 3.31. The number of allylic oxidation sites excluding steroid dienone is 5. The molecule has 4 heteroatoms. The number of ether oxygens (including phenoxy) is 1. The Bertz CT molecular complexity index is 791. The molecule has 1 N–H and O–H groups in total. The molecule has 4 nitrogen and oxygen atoms in total. The minimum atomic E-state index is -0.457. The number of esters is 1. The Kier molecular flexibility index (Phi) is 9.04. The second kappa shape index (κ2) is 11.5. The fourth-order valence-electron chi connectivity index (χ4n) is 3.31. The first-order chi connectivity index (χ1) is 13.9. The van der Waals surface area contributed by atoms with E-state index in [9.17, 15) is 9.90 Å². The van der Waals surface area contributed by atoms with E-state index >= 15 is 0 Å². The molecule has 1 aliphatic rings. The maximum atomic E-state index is 11.4. The molecule has 0 aromatic carbocycles. The van der Waals surface area contributed by atoms with Crippen LogP contribution in [0.4, 0.5) is 0 Å². The van der Waals surface area contributed by atoms with Gasteiger partial charge in [-0.2, -0.15) is 0 Å². The molecule has 2 rings (SSSR count). The minimum Gasteiger partial charge on any atom is -0.504 e. The summed E-state index contributed by atoms with van der Waals surface area (Å²) in [5.74, 6) is 0.0448. The largest absolute Gasteiger partial charge is 0.504 e. The Morgan fingerprint density at radius 2 is 1.90 bits per heavy atom. The van der Waals surface area contributed by atoms with E-state index in [1.165, 1.54) is 16.7 Å². The monoisotopic (exact) mass is 398 g/mol. The van der Waals surface area contributed by atoms with Crippen LogP contribution in [0.1, 0.15) is 71.8 Å². The van der Waals surface area contributed by atoms with Crippen LogP contribution in [-0.2, 0) is 16.0 Å². The summed E-state index contributed by atoms with van der Waals surface area (Å²) in [5, 5.41) is 9.88. The second-order valence-corrected chi connectivity index (χ2v) is 8.07. The van der Waals surface area contributed by atoms with Crippen molar-refractivity contribution in [1.82, 2.24) is 0 Å². The smallest absolute Gasteiger partial charge is 0.343 e. The molecule has 0 radical (unpaired) electrons. The number of cyclic esters (lactones) is 1. The molecule has 0 fully saturated rings. The van der Waals surface area contributed by atoms with E-state index in [2.05, 4.69) is 32.9 Å². The number of hydrogen-bond acceptors (Lipinski definition) is 4. The van der Waals surface area contributed by atoms with Crippen molar-refractivity contribution >= 4 is 5.97 Å². The van der Waals surface area contributed by atoms with E-state index in [-0.39, 0.29) is 17.3 Å². The van der Waals surface area contributed by atoms with Gasteiger partial charge in [0.05, 0.1) is 18.1 Å². The van der Waals surface area contributed by atoms with Crippen LogP contribution in [0.5, 0.6) is 0 Å². The number of furan rings is 1. The summed E-state index contributed by atoms with van der Waals surface area (Å²) in [5.41, 5.74) is 4.41. The van der Waals surface area contributed by atoms with Crippen molar-refractivity contribution in [2.75, 3.05) is 0 Å². The van der Waals surface area contributed by atoms with E-state index < -0.39 is 5.97 Å². The zero-order valence-corrected chi connectivity index (χ0v) is 18.2. The summed E-state index contributed by atoms with van der Waals surface area (Å²) in [6.45, 7) is 8.04. The zero-order chi connectivity index (χ0) is 21.2. The van der Waals surface area contributed by atoms with Gasteiger partial charge >= 0.3 is 5.97 Å². The van der Waals surface area contributed by atoms with Crippen molar-refractivity contribution in [3.05, 3.63) is 70.6 Å². The van der Waals surface area contributed by atoms with Crippen LogP contribution in [0.15, 0.2) is 69.5 Å². The van der Waals surface area contributed by atoms with Gasteiger partial charge in [-0.25, -0.2) is 4.79 Å².